The number of hydrogen-bond donors (Lipinski definition) is 0. The SMILES string of the molecule is C[C@H]1C(=O)N(Cc2ccccc2)Cc2nnc(CCc3ccccc3)n21. The molecular formula is C21H22N4O. The molecule has 5 heteroatoms. The van der Waals surface area contributed by atoms with Gasteiger partial charge in [0.25, 0.3) is 0 Å². The van der Waals surface area contributed by atoms with Gasteiger partial charge in [-0.15, -0.1) is 10.2 Å². The molecule has 0 fully saturated rings. The van der Waals surface area contributed by atoms with Crippen molar-refractivity contribution in [3.63, 3.8) is 0 Å². The van der Waals surface area contributed by atoms with Gasteiger partial charge in [0, 0.05) is 13.0 Å². The molecule has 0 aliphatic carbocycles. The third kappa shape index (κ3) is 3.25. The molecule has 132 valence electrons. The van der Waals surface area contributed by atoms with Crippen molar-refractivity contribution in [1.29, 1.82) is 0 Å². The summed E-state index contributed by atoms with van der Waals surface area (Å²) >= 11 is 0. The van der Waals surface area contributed by atoms with E-state index in [1.165, 1.54) is 5.56 Å². The standard InChI is InChI=1S/C21H22N4O/c1-16-21(26)24(14-18-10-6-3-7-11-18)15-20-23-22-19(25(16)20)13-12-17-8-4-2-5-9-17/h2-11,16H,12-15H2,1H3/t16-/m0/s1. The van der Waals surface area contributed by atoms with Gasteiger partial charge in [-0.25, -0.2) is 0 Å². The molecule has 5 nitrogen and oxygen atoms in total. The van der Waals surface area contributed by atoms with Crippen molar-refractivity contribution in [2.75, 3.05) is 0 Å². The summed E-state index contributed by atoms with van der Waals surface area (Å²) in [6.45, 7) is 3.06. The summed E-state index contributed by atoms with van der Waals surface area (Å²) in [5.41, 5.74) is 2.40. The van der Waals surface area contributed by atoms with Gasteiger partial charge in [0.15, 0.2) is 5.82 Å². The van der Waals surface area contributed by atoms with Crippen LogP contribution in [0.4, 0.5) is 0 Å². The summed E-state index contributed by atoms with van der Waals surface area (Å²) in [5.74, 6) is 1.89. The van der Waals surface area contributed by atoms with E-state index in [1.54, 1.807) is 0 Å². The Labute approximate surface area is 153 Å². The van der Waals surface area contributed by atoms with Crippen LogP contribution in [0.5, 0.6) is 0 Å². The number of fused-ring (bicyclic) bond motifs is 1. The molecule has 1 amide bonds. The summed E-state index contributed by atoms with van der Waals surface area (Å²) in [4.78, 5) is 14.7. The Balaban J connectivity index is 1.51. The molecule has 0 spiro atoms. The highest BCUT2D eigenvalue weighted by Crippen LogP contribution is 2.25. The van der Waals surface area contributed by atoms with Gasteiger partial charge in [-0.05, 0) is 24.5 Å². The Kier molecular flexibility index (Phi) is 4.52. The number of rotatable bonds is 5. The van der Waals surface area contributed by atoms with Gasteiger partial charge < -0.3 is 9.47 Å². The van der Waals surface area contributed by atoms with Crippen molar-refractivity contribution >= 4 is 5.91 Å². The van der Waals surface area contributed by atoms with Crippen LogP contribution >= 0.6 is 0 Å². The molecule has 3 aromatic rings. The quantitative estimate of drug-likeness (QED) is 0.713. The van der Waals surface area contributed by atoms with E-state index in [1.807, 2.05) is 64.9 Å². The van der Waals surface area contributed by atoms with Crippen LogP contribution in [0, 0.1) is 0 Å². The minimum atomic E-state index is -0.261. The number of carbonyl (C=O) groups excluding carboxylic acids is 1. The summed E-state index contributed by atoms with van der Waals surface area (Å²) in [5, 5.41) is 8.74. The summed E-state index contributed by atoms with van der Waals surface area (Å²) in [6, 6.07) is 20.1. The lowest BCUT2D eigenvalue weighted by molar-refractivity contribution is -0.137. The molecule has 0 unspecified atom stereocenters. The first-order valence-electron chi connectivity index (χ1n) is 9.01. The summed E-state index contributed by atoms with van der Waals surface area (Å²) < 4.78 is 2.02. The number of benzene rings is 2. The highest BCUT2D eigenvalue weighted by molar-refractivity contribution is 5.81. The maximum atomic E-state index is 12.9. The van der Waals surface area contributed by atoms with Crippen molar-refractivity contribution in [3.8, 4) is 0 Å². The summed E-state index contributed by atoms with van der Waals surface area (Å²) in [6.07, 6.45) is 1.68. The lowest BCUT2D eigenvalue weighted by atomic mass is 10.1. The second-order valence-electron chi connectivity index (χ2n) is 6.74. The van der Waals surface area contributed by atoms with Crippen molar-refractivity contribution < 1.29 is 4.79 Å². The lowest BCUT2D eigenvalue weighted by Gasteiger charge is -2.32. The van der Waals surface area contributed by atoms with Crippen LogP contribution in [0.3, 0.4) is 0 Å². The number of nitrogens with zero attached hydrogens (tertiary/aromatic N) is 4. The van der Waals surface area contributed by atoms with Gasteiger partial charge >= 0.3 is 0 Å². The highest BCUT2D eigenvalue weighted by Gasteiger charge is 2.32. The largest absolute Gasteiger partial charge is 0.329 e. The molecule has 1 aliphatic heterocycles. The average Bonchev–Trinajstić information content (AvgIpc) is 3.09. The van der Waals surface area contributed by atoms with E-state index in [-0.39, 0.29) is 11.9 Å². The number of amides is 1. The normalized spacial score (nSPS) is 16.6. The van der Waals surface area contributed by atoms with E-state index in [0.29, 0.717) is 13.1 Å². The molecule has 0 N–H and O–H groups in total. The van der Waals surface area contributed by atoms with E-state index >= 15 is 0 Å². The minimum absolute atomic E-state index is 0.127. The van der Waals surface area contributed by atoms with E-state index < -0.39 is 0 Å². The van der Waals surface area contributed by atoms with E-state index in [2.05, 4.69) is 22.3 Å². The van der Waals surface area contributed by atoms with E-state index in [4.69, 9.17) is 0 Å². The Morgan fingerprint density at radius 3 is 2.27 bits per heavy atom. The zero-order valence-corrected chi connectivity index (χ0v) is 14.9. The first-order valence-corrected chi connectivity index (χ1v) is 9.01. The van der Waals surface area contributed by atoms with Crippen LogP contribution in [-0.4, -0.2) is 25.6 Å². The molecule has 1 aromatic heterocycles. The van der Waals surface area contributed by atoms with Crippen LogP contribution in [0.15, 0.2) is 60.7 Å². The molecule has 26 heavy (non-hydrogen) atoms. The van der Waals surface area contributed by atoms with Crippen molar-refractivity contribution in [2.45, 2.75) is 38.9 Å². The fourth-order valence-electron chi connectivity index (χ4n) is 3.55. The molecule has 2 heterocycles. The summed E-state index contributed by atoms with van der Waals surface area (Å²) in [7, 11) is 0. The Bertz CT molecular complexity index is 889. The molecule has 0 radical (unpaired) electrons. The van der Waals surface area contributed by atoms with Crippen LogP contribution in [0.25, 0.3) is 0 Å². The topological polar surface area (TPSA) is 51.0 Å². The van der Waals surface area contributed by atoms with Gasteiger partial charge in [0.1, 0.15) is 11.9 Å². The molecular weight excluding hydrogens is 324 g/mol. The van der Waals surface area contributed by atoms with Gasteiger partial charge in [0.2, 0.25) is 5.91 Å². The van der Waals surface area contributed by atoms with E-state index in [0.717, 1.165) is 30.1 Å². The third-order valence-corrected chi connectivity index (χ3v) is 4.92. The first kappa shape index (κ1) is 16.5. The van der Waals surface area contributed by atoms with Crippen molar-refractivity contribution in [1.82, 2.24) is 19.7 Å². The lowest BCUT2D eigenvalue weighted by Crippen LogP contribution is -2.41. The molecule has 0 saturated carbocycles. The Morgan fingerprint density at radius 2 is 1.58 bits per heavy atom. The second kappa shape index (κ2) is 7.12. The highest BCUT2D eigenvalue weighted by atomic mass is 16.2. The molecule has 4 rings (SSSR count). The van der Waals surface area contributed by atoms with Gasteiger partial charge in [-0.2, -0.15) is 0 Å². The Morgan fingerprint density at radius 1 is 0.923 bits per heavy atom. The first-order chi connectivity index (χ1) is 12.7. The maximum Gasteiger partial charge on any atom is 0.246 e. The predicted octanol–water partition coefficient (Wildman–Crippen LogP) is 3.17. The van der Waals surface area contributed by atoms with Gasteiger partial charge in [-0.1, -0.05) is 60.7 Å². The van der Waals surface area contributed by atoms with Crippen LogP contribution < -0.4 is 0 Å². The smallest absolute Gasteiger partial charge is 0.246 e. The van der Waals surface area contributed by atoms with Crippen molar-refractivity contribution in [2.24, 2.45) is 0 Å². The van der Waals surface area contributed by atoms with Gasteiger partial charge in [0.05, 0.1) is 6.54 Å². The zero-order valence-electron chi connectivity index (χ0n) is 14.9. The average molecular weight is 346 g/mol. The predicted molar refractivity (Wildman–Crippen MR) is 99.3 cm³/mol. The van der Waals surface area contributed by atoms with Crippen LogP contribution in [0.2, 0.25) is 0 Å². The van der Waals surface area contributed by atoms with E-state index in [9.17, 15) is 4.79 Å². The second-order valence-corrected chi connectivity index (χ2v) is 6.74. The minimum Gasteiger partial charge on any atom is -0.329 e. The monoisotopic (exact) mass is 346 g/mol. The fourth-order valence-corrected chi connectivity index (χ4v) is 3.55. The molecule has 1 aliphatic rings. The Hall–Kier alpha value is -2.95. The maximum absolute atomic E-state index is 12.9. The van der Waals surface area contributed by atoms with Gasteiger partial charge in [-0.3, -0.25) is 4.79 Å². The molecule has 0 saturated heterocycles. The van der Waals surface area contributed by atoms with Crippen LogP contribution in [-0.2, 0) is 30.7 Å². The molecule has 1 atom stereocenters. The number of aryl methyl sites for hydroxylation is 2. The number of hydrogen-bond acceptors (Lipinski definition) is 3. The molecule has 0 bridgehead atoms. The zero-order chi connectivity index (χ0) is 17.9. The number of carbonyl (C=O) groups is 1. The fraction of sp³-hybridized carbons (Fsp3) is 0.286. The third-order valence-electron chi connectivity index (χ3n) is 4.92. The number of aromatic nitrogens is 3. The van der Waals surface area contributed by atoms with Crippen molar-refractivity contribution in [3.05, 3.63) is 83.4 Å². The molecule has 2 aromatic carbocycles. The van der Waals surface area contributed by atoms with Crippen LogP contribution in [0.1, 0.15) is 35.7 Å².